The van der Waals surface area contributed by atoms with E-state index in [1.165, 1.54) is 56.9 Å². The highest BCUT2D eigenvalue weighted by molar-refractivity contribution is 5.30. The van der Waals surface area contributed by atoms with Crippen molar-refractivity contribution in [3.05, 3.63) is 29.8 Å². The van der Waals surface area contributed by atoms with E-state index in [1.807, 2.05) is 6.79 Å². The van der Waals surface area contributed by atoms with Gasteiger partial charge in [0.25, 0.3) is 0 Å². The van der Waals surface area contributed by atoms with Gasteiger partial charge in [0.15, 0.2) is 0 Å². The zero-order valence-electron chi connectivity index (χ0n) is 14.8. The van der Waals surface area contributed by atoms with Crippen LogP contribution < -0.4 is 4.74 Å². The van der Waals surface area contributed by atoms with Crippen molar-refractivity contribution in [3.8, 4) is 5.75 Å². The van der Waals surface area contributed by atoms with Crippen LogP contribution in [0.2, 0.25) is 0 Å². The fourth-order valence-electron chi connectivity index (χ4n) is 3.95. The van der Waals surface area contributed by atoms with Gasteiger partial charge >= 0.3 is 0 Å². The van der Waals surface area contributed by atoms with Crippen LogP contribution in [0.1, 0.15) is 79.5 Å². The second-order valence-electron chi connectivity index (χ2n) is 7.53. The Labute approximate surface area is 144 Å². The minimum Gasteiger partial charge on any atom is -0.490 e. The molecule has 0 N–H and O–H groups in total. The molecule has 0 spiro atoms. The van der Waals surface area contributed by atoms with Crippen LogP contribution in [0.3, 0.4) is 0 Å². The Balaban J connectivity index is 0.00000139. The molecule has 23 heavy (non-hydrogen) atoms. The van der Waals surface area contributed by atoms with E-state index in [-0.39, 0.29) is 2.85 Å². The third kappa shape index (κ3) is 5.37. The Morgan fingerprint density at radius 3 is 1.83 bits per heavy atom. The zero-order chi connectivity index (χ0) is 16.7. The van der Waals surface area contributed by atoms with Gasteiger partial charge in [-0.2, -0.15) is 0 Å². The predicted molar refractivity (Wildman–Crippen MR) is 100 cm³/mol. The second kappa shape index (κ2) is 9.10. The summed E-state index contributed by atoms with van der Waals surface area (Å²) >= 11 is 0. The average Bonchev–Trinajstić information content (AvgIpc) is 2.60. The van der Waals surface area contributed by atoms with Crippen molar-refractivity contribution in [1.82, 2.24) is 0 Å². The van der Waals surface area contributed by atoms with Gasteiger partial charge in [0.05, 0.1) is 6.10 Å². The number of benzene rings is 1. The Kier molecular flexibility index (Phi) is 7.14. The van der Waals surface area contributed by atoms with E-state index >= 15 is 0 Å². The van der Waals surface area contributed by atoms with Gasteiger partial charge in [-0.1, -0.05) is 38.8 Å². The fraction of sp³-hybridized carbons (Fsp3) is 0.667. The minimum absolute atomic E-state index is 0. The molecule has 0 aromatic heterocycles. The van der Waals surface area contributed by atoms with Crippen LogP contribution in [0.15, 0.2) is 24.3 Å². The average molecular weight is 321 g/mol. The van der Waals surface area contributed by atoms with E-state index in [0.717, 1.165) is 23.5 Å². The van der Waals surface area contributed by atoms with Crippen molar-refractivity contribution < 1.29 is 12.4 Å². The highest BCUT2D eigenvalue weighted by Gasteiger charge is 2.21. The van der Waals surface area contributed by atoms with Gasteiger partial charge in [-0.15, -0.1) is 0 Å². The standard InChI is InChI=1S/C20H30O.CH2O.2H2/c1-15-3-7-17(8-4-15)18-9-13-20(14-10-18)21-19-11-5-16(2)6-12-19;1-2;;/h9-10,13-17,19H,3-8,11-12H2,1-2H3;1H2;2*1H. The van der Waals surface area contributed by atoms with Crippen molar-refractivity contribution in [2.45, 2.75) is 77.2 Å². The lowest BCUT2D eigenvalue weighted by molar-refractivity contribution is -0.0979. The first-order valence-corrected chi connectivity index (χ1v) is 9.26. The number of rotatable bonds is 3. The van der Waals surface area contributed by atoms with Crippen LogP contribution in [-0.4, -0.2) is 12.9 Å². The normalized spacial score (nSPS) is 30.9. The monoisotopic (exact) mass is 320 g/mol. The quantitative estimate of drug-likeness (QED) is 0.658. The van der Waals surface area contributed by atoms with Crippen LogP contribution in [0.4, 0.5) is 0 Å². The third-order valence-corrected chi connectivity index (χ3v) is 5.63. The molecule has 132 valence electrons. The molecule has 0 aliphatic heterocycles. The van der Waals surface area contributed by atoms with Crippen molar-refractivity contribution in [2.24, 2.45) is 11.8 Å². The molecule has 2 heteroatoms. The van der Waals surface area contributed by atoms with Crippen LogP contribution in [0, 0.1) is 11.8 Å². The van der Waals surface area contributed by atoms with Gasteiger partial charge in [0.2, 0.25) is 0 Å². The number of carbonyl (C=O) groups is 1. The first-order chi connectivity index (χ1) is 11.2. The highest BCUT2D eigenvalue weighted by Crippen LogP contribution is 2.36. The summed E-state index contributed by atoms with van der Waals surface area (Å²) in [5.41, 5.74) is 1.52. The van der Waals surface area contributed by atoms with E-state index in [9.17, 15) is 0 Å². The molecule has 0 bridgehead atoms. The van der Waals surface area contributed by atoms with Gasteiger partial charge in [-0.05, 0) is 74.0 Å². The van der Waals surface area contributed by atoms with Gasteiger partial charge in [0.1, 0.15) is 12.5 Å². The van der Waals surface area contributed by atoms with Gasteiger partial charge < -0.3 is 9.53 Å². The van der Waals surface area contributed by atoms with E-state index in [2.05, 4.69) is 38.1 Å². The lowest BCUT2D eigenvalue weighted by Gasteiger charge is -2.28. The number of carbonyl (C=O) groups excluding carboxylic acids is 1. The number of hydrogen-bond donors (Lipinski definition) is 0. The van der Waals surface area contributed by atoms with Crippen LogP contribution >= 0.6 is 0 Å². The molecular weight excluding hydrogens is 284 g/mol. The molecule has 0 atom stereocenters. The lowest BCUT2D eigenvalue weighted by atomic mass is 9.79. The number of hydrogen-bond acceptors (Lipinski definition) is 2. The molecule has 2 fully saturated rings. The summed E-state index contributed by atoms with van der Waals surface area (Å²) in [6, 6.07) is 9.01. The molecule has 2 saturated carbocycles. The molecule has 2 aliphatic carbocycles. The summed E-state index contributed by atoms with van der Waals surface area (Å²) in [5.74, 6) is 3.67. The van der Waals surface area contributed by atoms with Crippen molar-refractivity contribution >= 4 is 6.79 Å². The summed E-state index contributed by atoms with van der Waals surface area (Å²) in [6.45, 7) is 6.74. The Morgan fingerprint density at radius 1 is 0.826 bits per heavy atom. The van der Waals surface area contributed by atoms with Crippen molar-refractivity contribution in [3.63, 3.8) is 0 Å². The SMILES string of the molecule is C=O.CC1CCC(Oc2ccc(C3CCC(C)CC3)cc2)CC1.[HH].[HH]. The Morgan fingerprint density at radius 2 is 1.30 bits per heavy atom. The first-order valence-electron chi connectivity index (χ1n) is 9.26. The topological polar surface area (TPSA) is 26.3 Å². The summed E-state index contributed by atoms with van der Waals surface area (Å²) in [5, 5.41) is 0. The summed E-state index contributed by atoms with van der Waals surface area (Å²) in [6.07, 6.45) is 11.1. The predicted octanol–water partition coefficient (Wildman–Crippen LogP) is 6.24. The molecule has 2 nitrogen and oxygen atoms in total. The first kappa shape index (κ1) is 18.0. The molecule has 0 saturated heterocycles. The summed E-state index contributed by atoms with van der Waals surface area (Å²) in [4.78, 5) is 8.00. The summed E-state index contributed by atoms with van der Waals surface area (Å²) in [7, 11) is 0. The molecule has 2 aliphatic rings. The maximum atomic E-state index is 8.00. The maximum absolute atomic E-state index is 8.00. The largest absolute Gasteiger partial charge is 0.490 e. The smallest absolute Gasteiger partial charge is 0.119 e. The molecule has 3 rings (SSSR count). The minimum atomic E-state index is 0. The second-order valence-corrected chi connectivity index (χ2v) is 7.53. The Hall–Kier alpha value is -1.31. The lowest BCUT2D eigenvalue weighted by Crippen LogP contribution is -2.23. The van der Waals surface area contributed by atoms with E-state index < -0.39 is 0 Å². The molecule has 0 amide bonds. The molecule has 0 radical (unpaired) electrons. The molecule has 0 unspecified atom stereocenters. The van der Waals surface area contributed by atoms with E-state index in [4.69, 9.17) is 9.53 Å². The van der Waals surface area contributed by atoms with Crippen LogP contribution in [0.5, 0.6) is 5.75 Å². The maximum Gasteiger partial charge on any atom is 0.119 e. The summed E-state index contributed by atoms with van der Waals surface area (Å²) < 4.78 is 6.16. The van der Waals surface area contributed by atoms with E-state index in [1.54, 1.807) is 0 Å². The fourth-order valence-corrected chi connectivity index (χ4v) is 3.95. The van der Waals surface area contributed by atoms with Crippen LogP contribution in [-0.2, 0) is 4.79 Å². The third-order valence-electron chi connectivity index (χ3n) is 5.63. The molecule has 1 aromatic rings. The molecule has 0 heterocycles. The Bertz CT molecular complexity index is 447. The van der Waals surface area contributed by atoms with Gasteiger partial charge in [-0.3, -0.25) is 0 Å². The zero-order valence-corrected chi connectivity index (χ0v) is 14.8. The van der Waals surface area contributed by atoms with Crippen LogP contribution in [0.25, 0.3) is 0 Å². The van der Waals surface area contributed by atoms with Crippen molar-refractivity contribution in [2.75, 3.05) is 0 Å². The van der Waals surface area contributed by atoms with Crippen molar-refractivity contribution in [1.29, 1.82) is 0 Å². The highest BCUT2D eigenvalue weighted by atomic mass is 16.5. The van der Waals surface area contributed by atoms with Gasteiger partial charge in [0, 0.05) is 2.85 Å². The molecule has 1 aromatic carbocycles. The number of ether oxygens (including phenoxy) is 1. The molecular formula is C21H36O2. The van der Waals surface area contributed by atoms with E-state index in [0.29, 0.717) is 6.10 Å². The van der Waals surface area contributed by atoms with Gasteiger partial charge in [-0.25, -0.2) is 0 Å².